The van der Waals surface area contributed by atoms with Crippen LogP contribution >= 0.6 is 27.3 Å². The standard InChI is InChI=1S/C20H16BrN3O2S/c1-26-19-9-5-2-6-15(19)17-12-23(14-10-11-27-13-14)20(25)24(22-17)18-8-4-3-7-16(18)21/h2-11,13H,12H2,1H3. The summed E-state index contributed by atoms with van der Waals surface area (Å²) in [5, 5.41) is 10.0. The van der Waals surface area contributed by atoms with E-state index in [-0.39, 0.29) is 6.03 Å². The lowest BCUT2D eigenvalue weighted by atomic mass is 10.1. The van der Waals surface area contributed by atoms with E-state index >= 15 is 0 Å². The average molecular weight is 442 g/mol. The van der Waals surface area contributed by atoms with Crippen LogP contribution in [0.4, 0.5) is 16.2 Å². The monoisotopic (exact) mass is 441 g/mol. The fourth-order valence-electron chi connectivity index (χ4n) is 2.94. The van der Waals surface area contributed by atoms with Crippen molar-refractivity contribution in [3.8, 4) is 5.75 Å². The van der Waals surface area contributed by atoms with Crippen molar-refractivity contribution in [3.05, 3.63) is 75.4 Å². The average Bonchev–Trinajstić information content (AvgIpc) is 3.23. The number of amides is 2. The molecule has 27 heavy (non-hydrogen) atoms. The molecule has 0 bridgehead atoms. The summed E-state index contributed by atoms with van der Waals surface area (Å²) < 4.78 is 6.31. The minimum Gasteiger partial charge on any atom is -0.496 e. The lowest BCUT2D eigenvalue weighted by molar-refractivity contribution is 0.251. The number of carbonyl (C=O) groups is 1. The first-order valence-corrected chi connectivity index (χ1v) is 10.0. The zero-order valence-electron chi connectivity index (χ0n) is 14.5. The van der Waals surface area contributed by atoms with Gasteiger partial charge in [-0.1, -0.05) is 24.3 Å². The van der Waals surface area contributed by atoms with Gasteiger partial charge in [0.2, 0.25) is 0 Å². The third-order valence-electron chi connectivity index (χ3n) is 4.26. The molecule has 0 spiro atoms. The summed E-state index contributed by atoms with van der Waals surface area (Å²) in [7, 11) is 1.63. The van der Waals surface area contributed by atoms with Gasteiger partial charge >= 0.3 is 6.03 Å². The van der Waals surface area contributed by atoms with Crippen molar-refractivity contribution in [2.45, 2.75) is 0 Å². The van der Waals surface area contributed by atoms with Crippen LogP contribution in [0.1, 0.15) is 5.56 Å². The minimum atomic E-state index is -0.195. The van der Waals surface area contributed by atoms with Crippen LogP contribution in [0.3, 0.4) is 0 Å². The van der Waals surface area contributed by atoms with Crippen LogP contribution in [0.2, 0.25) is 0 Å². The Bertz CT molecular complexity index is 1000. The molecule has 0 fully saturated rings. The number of nitrogens with zero attached hydrogens (tertiary/aromatic N) is 3. The van der Waals surface area contributed by atoms with Crippen LogP contribution in [0.25, 0.3) is 0 Å². The number of halogens is 1. The highest BCUT2D eigenvalue weighted by Gasteiger charge is 2.32. The minimum absolute atomic E-state index is 0.195. The normalized spacial score (nSPS) is 14.3. The van der Waals surface area contributed by atoms with Crippen LogP contribution in [0, 0.1) is 0 Å². The second-order valence-electron chi connectivity index (χ2n) is 5.86. The number of anilines is 2. The Labute approximate surface area is 169 Å². The Morgan fingerprint density at radius 1 is 1.11 bits per heavy atom. The molecule has 2 heterocycles. The zero-order chi connectivity index (χ0) is 18.8. The second kappa shape index (κ2) is 7.54. The van der Waals surface area contributed by atoms with Gasteiger partial charge in [0.25, 0.3) is 0 Å². The van der Waals surface area contributed by atoms with Crippen LogP contribution in [-0.2, 0) is 0 Å². The van der Waals surface area contributed by atoms with Gasteiger partial charge in [-0.25, -0.2) is 4.79 Å². The van der Waals surface area contributed by atoms with E-state index in [0.717, 1.165) is 27.2 Å². The second-order valence-corrected chi connectivity index (χ2v) is 7.49. The van der Waals surface area contributed by atoms with E-state index in [2.05, 4.69) is 21.0 Å². The molecule has 2 amide bonds. The summed E-state index contributed by atoms with van der Waals surface area (Å²) in [5.41, 5.74) is 3.16. The molecule has 5 nitrogen and oxygen atoms in total. The molecule has 1 aromatic heterocycles. The van der Waals surface area contributed by atoms with Gasteiger partial charge in [-0.05, 0) is 51.6 Å². The molecule has 2 aromatic carbocycles. The molecule has 0 saturated carbocycles. The summed E-state index contributed by atoms with van der Waals surface area (Å²) in [6.45, 7) is 0.372. The van der Waals surface area contributed by atoms with Gasteiger partial charge in [-0.15, -0.1) is 0 Å². The van der Waals surface area contributed by atoms with E-state index in [1.807, 2.05) is 65.4 Å². The molecule has 0 aliphatic carbocycles. The van der Waals surface area contributed by atoms with Crippen molar-refractivity contribution in [2.75, 3.05) is 23.6 Å². The molecular formula is C20H16BrN3O2S. The van der Waals surface area contributed by atoms with E-state index in [1.54, 1.807) is 23.3 Å². The van der Waals surface area contributed by atoms with Crippen LogP contribution in [-0.4, -0.2) is 25.4 Å². The molecular weight excluding hydrogens is 426 g/mol. The molecule has 0 saturated heterocycles. The largest absolute Gasteiger partial charge is 0.496 e. The van der Waals surface area contributed by atoms with Gasteiger partial charge < -0.3 is 4.74 Å². The van der Waals surface area contributed by atoms with Gasteiger partial charge in [0.15, 0.2) is 0 Å². The Balaban J connectivity index is 1.86. The van der Waals surface area contributed by atoms with Gasteiger partial charge in [0, 0.05) is 15.4 Å². The van der Waals surface area contributed by atoms with Crippen LogP contribution in [0.15, 0.2) is 74.9 Å². The number of rotatable bonds is 4. The zero-order valence-corrected chi connectivity index (χ0v) is 16.9. The van der Waals surface area contributed by atoms with Crippen molar-refractivity contribution in [2.24, 2.45) is 5.10 Å². The van der Waals surface area contributed by atoms with Crippen LogP contribution < -0.4 is 14.6 Å². The topological polar surface area (TPSA) is 45.1 Å². The Kier molecular flexibility index (Phi) is 4.96. The summed E-state index contributed by atoms with van der Waals surface area (Å²) in [5.74, 6) is 0.725. The molecule has 7 heteroatoms. The Morgan fingerprint density at radius 2 is 1.89 bits per heavy atom. The number of para-hydroxylation sites is 2. The van der Waals surface area contributed by atoms with Gasteiger partial charge in [-0.3, -0.25) is 4.90 Å². The number of benzene rings is 2. The molecule has 4 rings (SSSR count). The highest BCUT2D eigenvalue weighted by atomic mass is 79.9. The molecule has 3 aromatic rings. The van der Waals surface area contributed by atoms with E-state index in [1.165, 1.54) is 5.01 Å². The maximum Gasteiger partial charge on any atom is 0.350 e. The van der Waals surface area contributed by atoms with Crippen molar-refractivity contribution < 1.29 is 9.53 Å². The van der Waals surface area contributed by atoms with Crippen molar-refractivity contribution >= 4 is 50.4 Å². The highest BCUT2D eigenvalue weighted by molar-refractivity contribution is 9.10. The first-order valence-electron chi connectivity index (χ1n) is 8.28. The summed E-state index contributed by atoms with van der Waals surface area (Å²) in [6, 6.07) is 17.0. The maximum absolute atomic E-state index is 13.2. The smallest absolute Gasteiger partial charge is 0.350 e. The molecule has 0 unspecified atom stereocenters. The lowest BCUT2D eigenvalue weighted by Crippen LogP contribution is -2.49. The fourth-order valence-corrected chi connectivity index (χ4v) is 4.04. The quantitative estimate of drug-likeness (QED) is 0.546. The third kappa shape index (κ3) is 3.36. The number of thiophene rings is 1. The Morgan fingerprint density at radius 3 is 2.63 bits per heavy atom. The molecule has 0 atom stereocenters. The van der Waals surface area contributed by atoms with Gasteiger partial charge in [0.05, 0.1) is 30.7 Å². The van der Waals surface area contributed by atoms with E-state index < -0.39 is 0 Å². The number of hydrogen-bond acceptors (Lipinski definition) is 4. The third-order valence-corrected chi connectivity index (χ3v) is 5.60. The van der Waals surface area contributed by atoms with Gasteiger partial charge in [0.1, 0.15) is 5.75 Å². The molecule has 1 aliphatic heterocycles. The van der Waals surface area contributed by atoms with E-state index in [9.17, 15) is 4.79 Å². The van der Waals surface area contributed by atoms with Crippen molar-refractivity contribution in [3.63, 3.8) is 0 Å². The molecule has 136 valence electrons. The summed E-state index contributed by atoms with van der Waals surface area (Å²) in [4.78, 5) is 14.9. The summed E-state index contributed by atoms with van der Waals surface area (Å²) >= 11 is 5.08. The predicted octanol–water partition coefficient (Wildman–Crippen LogP) is 5.37. The van der Waals surface area contributed by atoms with Crippen LogP contribution in [0.5, 0.6) is 5.75 Å². The molecule has 1 aliphatic rings. The number of ether oxygens (including phenoxy) is 1. The maximum atomic E-state index is 13.2. The first kappa shape index (κ1) is 17.8. The van der Waals surface area contributed by atoms with E-state index in [4.69, 9.17) is 4.74 Å². The number of methoxy groups -OCH3 is 1. The number of carbonyl (C=O) groups excluding carboxylic acids is 1. The Hall–Kier alpha value is -2.64. The lowest BCUT2D eigenvalue weighted by Gasteiger charge is -2.33. The SMILES string of the molecule is COc1ccccc1C1=NN(c2ccccc2Br)C(=O)N(c2ccsc2)C1. The number of hydrogen-bond donors (Lipinski definition) is 0. The van der Waals surface area contributed by atoms with E-state index in [0.29, 0.717) is 12.2 Å². The number of urea groups is 1. The molecule has 0 radical (unpaired) electrons. The molecule has 0 N–H and O–H groups in total. The van der Waals surface area contributed by atoms with Crippen molar-refractivity contribution in [1.82, 2.24) is 0 Å². The highest BCUT2D eigenvalue weighted by Crippen LogP contribution is 2.32. The van der Waals surface area contributed by atoms with Gasteiger partial charge in [-0.2, -0.15) is 21.4 Å². The summed E-state index contributed by atoms with van der Waals surface area (Å²) in [6.07, 6.45) is 0. The first-order chi connectivity index (χ1) is 13.2. The predicted molar refractivity (Wildman–Crippen MR) is 113 cm³/mol. The van der Waals surface area contributed by atoms with Crippen molar-refractivity contribution in [1.29, 1.82) is 0 Å². The fraction of sp³-hybridized carbons (Fsp3) is 0.100. The number of hydrazone groups is 1.